The minimum absolute atomic E-state index is 0.301. The molecule has 0 spiro atoms. The largest absolute Gasteiger partial charge is 0.449 e. The Bertz CT molecular complexity index is 629. The van der Waals surface area contributed by atoms with E-state index in [1.165, 1.54) is 17.5 Å². The Kier molecular flexibility index (Phi) is 4.94. The molecule has 1 N–H and O–H groups in total. The second-order valence-corrected chi connectivity index (χ2v) is 5.34. The number of ether oxygens (including phenoxy) is 1. The molecule has 0 aliphatic heterocycles. The van der Waals surface area contributed by atoms with E-state index in [1.807, 2.05) is 0 Å². The van der Waals surface area contributed by atoms with Gasteiger partial charge in [-0.05, 0) is 25.5 Å². The van der Waals surface area contributed by atoms with Gasteiger partial charge in [-0.2, -0.15) is 0 Å². The molecule has 0 bridgehead atoms. The van der Waals surface area contributed by atoms with Gasteiger partial charge in [0.15, 0.2) is 6.10 Å². The normalized spacial score (nSPS) is 11.7. The Morgan fingerprint density at radius 2 is 2.24 bits per heavy atom. The molecule has 110 valence electrons. The zero-order chi connectivity index (χ0) is 15.2. The predicted octanol–water partition coefficient (Wildman–Crippen LogP) is 1.82. The van der Waals surface area contributed by atoms with Crippen molar-refractivity contribution in [3.05, 3.63) is 35.1 Å². The highest BCUT2D eigenvalue weighted by Gasteiger charge is 2.23. The van der Waals surface area contributed by atoms with Crippen molar-refractivity contribution < 1.29 is 14.3 Å². The zero-order valence-electron chi connectivity index (χ0n) is 11.6. The van der Waals surface area contributed by atoms with Crippen LogP contribution < -0.4 is 5.32 Å². The molecule has 2 aromatic heterocycles. The number of hydrogen-bond donors (Lipinski definition) is 1. The maximum Gasteiger partial charge on any atom is 0.340 e. The number of esters is 1. The predicted molar refractivity (Wildman–Crippen MR) is 77.0 cm³/mol. The van der Waals surface area contributed by atoms with Crippen molar-refractivity contribution in [1.29, 1.82) is 0 Å². The molecule has 0 aliphatic rings. The Labute approximate surface area is 125 Å². The van der Waals surface area contributed by atoms with E-state index in [9.17, 15) is 9.59 Å². The first-order chi connectivity index (χ1) is 10.1. The summed E-state index contributed by atoms with van der Waals surface area (Å²) in [6, 6.07) is 3.20. The summed E-state index contributed by atoms with van der Waals surface area (Å²) in [6.45, 7) is 3.54. The fourth-order valence-electron chi connectivity index (χ4n) is 1.54. The Balaban J connectivity index is 1.99. The van der Waals surface area contributed by atoms with Gasteiger partial charge < -0.3 is 4.74 Å². The third-order valence-corrected chi connectivity index (χ3v) is 3.32. The number of nitrogens with zero attached hydrogens (tertiary/aromatic N) is 3. The first kappa shape index (κ1) is 15.0. The monoisotopic (exact) mass is 306 g/mol. The van der Waals surface area contributed by atoms with Crippen LogP contribution in [0.25, 0.3) is 0 Å². The van der Waals surface area contributed by atoms with Crippen molar-refractivity contribution in [3.8, 4) is 0 Å². The zero-order valence-corrected chi connectivity index (χ0v) is 12.4. The molecule has 1 atom stereocenters. The van der Waals surface area contributed by atoms with Crippen LogP contribution in [0, 0.1) is 6.92 Å². The summed E-state index contributed by atoms with van der Waals surface area (Å²) in [5.41, 5.74) is 0.301. The second kappa shape index (κ2) is 6.89. The number of carbonyl (C=O) groups excluding carboxylic acids is 2. The molecule has 1 unspecified atom stereocenters. The van der Waals surface area contributed by atoms with Crippen LogP contribution in [0.4, 0.5) is 5.13 Å². The molecule has 0 aromatic carbocycles. The molecule has 0 saturated heterocycles. The summed E-state index contributed by atoms with van der Waals surface area (Å²) in [4.78, 5) is 27.8. The van der Waals surface area contributed by atoms with Crippen LogP contribution in [-0.4, -0.2) is 33.2 Å². The maximum absolute atomic E-state index is 12.1. The van der Waals surface area contributed by atoms with E-state index in [0.29, 0.717) is 17.1 Å². The van der Waals surface area contributed by atoms with Gasteiger partial charge in [-0.15, -0.1) is 10.2 Å². The molecular formula is C13H14N4O3S. The molecule has 21 heavy (non-hydrogen) atoms. The summed E-state index contributed by atoms with van der Waals surface area (Å²) in [5.74, 6) is -1.01. The summed E-state index contributed by atoms with van der Waals surface area (Å²) in [7, 11) is 0. The van der Waals surface area contributed by atoms with E-state index in [0.717, 1.165) is 5.01 Å². The van der Waals surface area contributed by atoms with Gasteiger partial charge in [0.2, 0.25) is 5.13 Å². The SMILES string of the molecule is CCC(OC(=O)c1cccnc1)C(=O)Nc1nnc(C)s1. The number of nitrogens with one attached hydrogen (secondary N) is 1. The lowest BCUT2D eigenvalue weighted by atomic mass is 10.2. The standard InChI is InChI=1S/C13H14N4O3S/c1-3-10(11(18)15-13-17-16-8(2)21-13)20-12(19)9-5-4-6-14-7-9/h4-7,10H,3H2,1-2H3,(H,15,17,18). The molecule has 2 rings (SSSR count). The molecule has 0 saturated carbocycles. The van der Waals surface area contributed by atoms with Crippen LogP contribution >= 0.6 is 11.3 Å². The van der Waals surface area contributed by atoms with Gasteiger partial charge in [0, 0.05) is 12.4 Å². The Morgan fingerprint density at radius 1 is 1.43 bits per heavy atom. The first-order valence-corrected chi connectivity index (χ1v) is 7.13. The maximum atomic E-state index is 12.1. The molecular weight excluding hydrogens is 292 g/mol. The minimum atomic E-state index is -0.887. The van der Waals surface area contributed by atoms with E-state index in [-0.39, 0.29) is 0 Å². The van der Waals surface area contributed by atoms with E-state index < -0.39 is 18.0 Å². The summed E-state index contributed by atoms with van der Waals surface area (Å²) >= 11 is 1.25. The van der Waals surface area contributed by atoms with E-state index in [2.05, 4.69) is 20.5 Å². The van der Waals surface area contributed by atoms with Crippen molar-refractivity contribution in [1.82, 2.24) is 15.2 Å². The summed E-state index contributed by atoms with van der Waals surface area (Å²) in [6.07, 6.45) is 2.41. The molecule has 0 fully saturated rings. The van der Waals surface area contributed by atoms with E-state index in [1.54, 1.807) is 32.2 Å². The van der Waals surface area contributed by atoms with Gasteiger partial charge in [0.25, 0.3) is 5.91 Å². The topological polar surface area (TPSA) is 94.1 Å². The fraction of sp³-hybridized carbons (Fsp3) is 0.308. The highest BCUT2D eigenvalue weighted by atomic mass is 32.1. The average molecular weight is 306 g/mol. The second-order valence-electron chi connectivity index (χ2n) is 4.16. The fourth-order valence-corrected chi connectivity index (χ4v) is 2.13. The number of anilines is 1. The molecule has 0 radical (unpaired) electrons. The quantitative estimate of drug-likeness (QED) is 0.847. The highest BCUT2D eigenvalue weighted by Crippen LogP contribution is 2.15. The number of hydrogen-bond acceptors (Lipinski definition) is 7. The van der Waals surface area contributed by atoms with Crippen LogP contribution in [-0.2, 0) is 9.53 Å². The van der Waals surface area contributed by atoms with Gasteiger partial charge in [0.05, 0.1) is 5.56 Å². The van der Waals surface area contributed by atoms with Crippen molar-refractivity contribution in [2.75, 3.05) is 5.32 Å². The summed E-state index contributed by atoms with van der Waals surface area (Å²) in [5, 5.41) is 11.3. The van der Waals surface area contributed by atoms with Gasteiger partial charge >= 0.3 is 5.97 Å². The molecule has 8 heteroatoms. The third-order valence-electron chi connectivity index (χ3n) is 2.57. The number of carbonyl (C=O) groups is 2. The lowest BCUT2D eigenvalue weighted by Crippen LogP contribution is -2.32. The number of amides is 1. The summed E-state index contributed by atoms with van der Waals surface area (Å²) < 4.78 is 5.19. The molecule has 2 heterocycles. The number of pyridine rings is 1. The van der Waals surface area contributed by atoms with Gasteiger partial charge in [-0.3, -0.25) is 15.1 Å². The smallest absolute Gasteiger partial charge is 0.340 e. The molecule has 0 aliphatic carbocycles. The molecule has 2 aromatic rings. The van der Waals surface area contributed by atoms with E-state index in [4.69, 9.17) is 4.74 Å². The molecule has 1 amide bonds. The van der Waals surface area contributed by atoms with Crippen LogP contribution in [0.15, 0.2) is 24.5 Å². The number of aromatic nitrogens is 3. The highest BCUT2D eigenvalue weighted by molar-refractivity contribution is 7.15. The van der Waals surface area contributed by atoms with Crippen molar-refractivity contribution in [3.63, 3.8) is 0 Å². The average Bonchev–Trinajstić information content (AvgIpc) is 2.90. The number of rotatable bonds is 5. The van der Waals surface area contributed by atoms with Crippen LogP contribution in [0.3, 0.4) is 0 Å². The van der Waals surface area contributed by atoms with Crippen molar-refractivity contribution in [2.24, 2.45) is 0 Å². The lowest BCUT2D eigenvalue weighted by molar-refractivity contribution is -0.124. The first-order valence-electron chi connectivity index (χ1n) is 6.32. The Hall–Kier alpha value is -2.35. The third kappa shape index (κ3) is 4.06. The van der Waals surface area contributed by atoms with E-state index >= 15 is 0 Å². The van der Waals surface area contributed by atoms with Crippen LogP contribution in [0.1, 0.15) is 28.7 Å². The van der Waals surface area contributed by atoms with Crippen molar-refractivity contribution in [2.45, 2.75) is 26.4 Å². The van der Waals surface area contributed by atoms with Gasteiger partial charge in [-0.25, -0.2) is 4.79 Å². The van der Waals surface area contributed by atoms with Gasteiger partial charge in [-0.1, -0.05) is 18.3 Å². The lowest BCUT2D eigenvalue weighted by Gasteiger charge is -2.14. The number of aryl methyl sites for hydroxylation is 1. The van der Waals surface area contributed by atoms with Crippen molar-refractivity contribution >= 4 is 28.3 Å². The van der Waals surface area contributed by atoms with Crippen LogP contribution in [0.2, 0.25) is 0 Å². The molecule has 7 nitrogen and oxygen atoms in total. The Morgan fingerprint density at radius 3 is 2.81 bits per heavy atom. The van der Waals surface area contributed by atoms with Gasteiger partial charge in [0.1, 0.15) is 5.01 Å². The van der Waals surface area contributed by atoms with Crippen LogP contribution in [0.5, 0.6) is 0 Å². The minimum Gasteiger partial charge on any atom is -0.449 e.